The maximum Gasteiger partial charge on any atom is 0.243 e. The maximum absolute atomic E-state index is 12.7. The van der Waals surface area contributed by atoms with E-state index in [1.54, 1.807) is 24.0 Å². The van der Waals surface area contributed by atoms with Gasteiger partial charge in [-0.05, 0) is 37.3 Å². The van der Waals surface area contributed by atoms with Gasteiger partial charge in [0.1, 0.15) is 12.3 Å². The van der Waals surface area contributed by atoms with Crippen molar-refractivity contribution >= 4 is 33.2 Å². The maximum atomic E-state index is 12.7. The molecule has 1 amide bonds. The minimum atomic E-state index is -3.66. The quantitative estimate of drug-likeness (QED) is 0.777. The van der Waals surface area contributed by atoms with Crippen LogP contribution in [-0.4, -0.2) is 52.2 Å². The summed E-state index contributed by atoms with van der Waals surface area (Å²) in [5, 5.41) is 0.477. The van der Waals surface area contributed by atoms with Gasteiger partial charge in [-0.2, -0.15) is 0 Å². The van der Waals surface area contributed by atoms with Crippen molar-refractivity contribution in [2.45, 2.75) is 26.7 Å². The van der Waals surface area contributed by atoms with Crippen LogP contribution in [0.3, 0.4) is 0 Å². The highest BCUT2D eigenvalue weighted by Crippen LogP contribution is 2.35. The summed E-state index contributed by atoms with van der Waals surface area (Å²) in [4.78, 5) is 14.4. The third-order valence-corrected chi connectivity index (χ3v) is 5.95. The SMILES string of the molecule is COc1cc(Cl)c(C)cc1N(CC(=O)N1CCCC(C)C1)S(C)(=O)=O. The van der Waals surface area contributed by atoms with Gasteiger partial charge in [-0.15, -0.1) is 0 Å². The number of sulfonamides is 1. The van der Waals surface area contributed by atoms with Gasteiger partial charge in [0, 0.05) is 24.2 Å². The molecule has 2 rings (SSSR count). The molecule has 0 spiro atoms. The van der Waals surface area contributed by atoms with Gasteiger partial charge in [0.05, 0.1) is 19.1 Å². The third kappa shape index (κ3) is 4.79. The van der Waals surface area contributed by atoms with Gasteiger partial charge in [-0.3, -0.25) is 9.10 Å². The number of halogens is 1. The lowest BCUT2D eigenvalue weighted by molar-refractivity contribution is -0.131. The van der Waals surface area contributed by atoms with Crippen LogP contribution in [-0.2, 0) is 14.8 Å². The van der Waals surface area contributed by atoms with Crippen LogP contribution in [0.1, 0.15) is 25.3 Å². The van der Waals surface area contributed by atoms with Crippen molar-refractivity contribution in [1.82, 2.24) is 4.90 Å². The summed E-state index contributed by atoms with van der Waals surface area (Å²) in [7, 11) is -2.22. The number of aryl methyl sites for hydroxylation is 1. The van der Waals surface area contributed by atoms with Crippen molar-refractivity contribution in [3.8, 4) is 5.75 Å². The smallest absolute Gasteiger partial charge is 0.243 e. The molecule has 1 fully saturated rings. The number of amides is 1. The third-order valence-electron chi connectivity index (χ3n) is 4.42. The minimum absolute atomic E-state index is 0.202. The summed E-state index contributed by atoms with van der Waals surface area (Å²) in [6, 6.07) is 3.20. The summed E-state index contributed by atoms with van der Waals surface area (Å²) in [5.74, 6) is 0.546. The zero-order valence-electron chi connectivity index (χ0n) is 15.1. The molecule has 1 atom stereocenters. The number of likely N-dealkylation sites (tertiary alicyclic amines) is 1. The Labute approximate surface area is 154 Å². The van der Waals surface area contributed by atoms with Gasteiger partial charge in [0.25, 0.3) is 0 Å². The van der Waals surface area contributed by atoms with Crippen LogP contribution in [0.5, 0.6) is 5.75 Å². The lowest BCUT2D eigenvalue weighted by Crippen LogP contribution is -2.46. The molecule has 25 heavy (non-hydrogen) atoms. The summed E-state index contributed by atoms with van der Waals surface area (Å²) in [6.45, 7) is 4.95. The van der Waals surface area contributed by atoms with Crippen LogP contribution in [0.2, 0.25) is 5.02 Å². The van der Waals surface area contributed by atoms with Crippen LogP contribution in [0.25, 0.3) is 0 Å². The molecule has 1 aliphatic heterocycles. The van der Waals surface area contributed by atoms with E-state index in [2.05, 4.69) is 6.92 Å². The number of ether oxygens (including phenoxy) is 1. The van der Waals surface area contributed by atoms with Gasteiger partial charge in [0.15, 0.2) is 0 Å². The molecule has 1 saturated heterocycles. The molecule has 0 radical (unpaired) electrons. The van der Waals surface area contributed by atoms with Gasteiger partial charge in [-0.25, -0.2) is 8.42 Å². The molecule has 1 aliphatic rings. The van der Waals surface area contributed by atoms with Crippen LogP contribution in [0.15, 0.2) is 12.1 Å². The van der Waals surface area contributed by atoms with E-state index < -0.39 is 10.0 Å². The molecule has 1 aromatic rings. The van der Waals surface area contributed by atoms with E-state index in [1.807, 2.05) is 0 Å². The molecule has 1 unspecified atom stereocenters. The second-order valence-corrected chi connectivity index (χ2v) is 8.94. The summed E-state index contributed by atoms with van der Waals surface area (Å²) < 4.78 is 31.1. The van der Waals surface area contributed by atoms with E-state index in [4.69, 9.17) is 16.3 Å². The van der Waals surface area contributed by atoms with E-state index in [0.29, 0.717) is 41.0 Å². The van der Waals surface area contributed by atoms with E-state index in [9.17, 15) is 13.2 Å². The number of hydrogen-bond acceptors (Lipinski definition) is 4. The van der Waals surface area contributed by atoms with E-state index in [-0.39, 0.29) is 12.5 Å². The predicted octanol–water partition coefficient (Wildman–Crippen LogP) is 2.68. The lowest BCUT2D eigenvalue weighted by atomic mass is 10.0. The second kappa shape index (κ2) is 7.83. The fourth-order valence-corrected chi connectivity index (χ4v) is 4.02. The van der Waals surface area contributed by atoms with Crippen molar-refractivity contribution in [2.75, 3.05) is 37.3 Å². The van der Waals surface area contributed by atoms with Gasteiger partial charge < -0.3 is 9.64 Å². The highest BCUT2D eigenvalue weighted by atomic mass is 35.5. The molecule has 0 N–H and O–H groups in total. The van der Waals surface area contributed by atoms with Crippen LogP contribution in [0, 0.1) is 12.8 Å². The van der Waals surface area contributed by atoms with Crippen molar-refractivity contribution < 1.29 is 17.9 Å². The average Bonchev–Trinajstić information content (AvgIpc) is 2.53. The number of rotatable bonds is 5. The Kier molecular flexibility index (Phi) is 6.21. The fraction of sp³-hybridized carbons (Fsp3) is 0.588. The van der Waals surface area contributed by atoms with Crippen LogP contribution >= 0.6 is 11.6 Å². The monoisotopic (exact) mass is 388 g/mol. The summed E-state index contributed by atoms with van der Waals surface area (Å²) in [5.41, 5.74) is 1.04. The van der Waals surface area contributed by atoms with Crippen LogP contribution in [0.4, 0.5) is 5.69 Å². The summed E-state index contributed by atoms with van der Waals surface area (Å²) in [6.07, 6.45) is 3.11. The molecule has 8 heteroatoms. The number of methoxy groups -OCH3 is 1. The number of nitrogens with zero attached hydrogens (tertiary/aromatic N) is 2. The Balaban J connectivity index is 2.35. The Morgan fingerprint density at radius 1 is 1.44 bits per heavy atom. The lowest BCUT2D eigenvalue weighted by Gasteiger charge is -2.33. The van der Waals surface area contributed by atoms with Crippen molar-refractivity contribution in [1.29, 1.82) is 0 Å². The van der Waals surface area contributed by atoms with E-state index in [1.165, 1.54) is 7.11 Å². The highest BCUT2D eigenvalue weighted by Gasteiger charge is 2.28. The van der Waals surface area contributed by atoms with Crippen molar-refractivity contribution in [3.63, 3.8) is 0 Å². The van der Waals surface area contributed by atoms with Gasteiger partial charge in [-0.1, -0.05) is 18.5 Å². The Hall–Kier alpha value is -1.47. The molecule has 0 aromatic heterocycles. The molecule has 0 saturated carbocycles. The number of carbonyl (C=O) groups is 1. The Bertz CT molecular complexity index is 751. The predicted molar refractivity (Wildman–Crippen MR) is 99.9 cm³/mol. The average molecular weight is 389 g/mol. The summed E-state index contributed by atoms with van der Waals surface area (Å²) >= 11 is 6.10. The number of hydrogen-bond donors (Lipinski definition) is 0. The first-order valence-corrected chi connectivity index (χ1v) is 10.5. The fourth-order valence-electron chi connectivity index (χ4n) is 3.03. The molecule has 6 nitrogen and oxygen atoms in total. The largest absolute Gasteiger partial charge is 0.494 e. The number of piperidine rings is 1. The molecule has 140 valence electrons. The number of anilines is 1. The zero-order valence-corrected chi connectivity index (χ0v) is 16.7. The first kappa shape index (κ1) is 19.8. The van der Waals surface area contributed by atoms with E-state index >= 15 is 0 Å². The first-order valence-electron chi connectivity index (χ1n) is 8.23. The Morgan fingerprint density at radius 2 is 2.12 bits per heavy atom. The van der Waals surface area contributed by atoms with E-state index in [0.717, 1.165) is 23.4 Å². The minimum Gasteiger partial charge on any atom is -0.494 e. The molecule has 0 aliphatic carbocycles. The zero-order chi connectivity index (χ0) is 18.8. The van der Waals surface area contributed by atoms with Gasteiger partial charge >= 0.3 is 0 Å². The first-order chi connectivity index (χ1) is 11.6. The van der Waals surface area contributed by atoms with Crippen LogP contribution < -0.4 is 9.04 Å². The molecule has 1 aromatic carbocycles. The number of benzene rings is 1. The molecular weight excluding hydrogens is 364 g/mol. The molecular formula is C17H25ClN2O4S. The number of carbonyl (C=O) groups excluding carboxylic acids is 1. The molecule has 1 heterocycles. The molecule has 0 bridgehead atoms. The van der Waals surface area contributed by atoms with Gasteiger partial charge in [0.2, 0.25) is 15.9 Å². The second-order valence-electron chi connectivity index (χ2n) is 6.63. The topological polar surface area (TPSA) is 66.9 Å². The highest BCUT2D eigenvalue weighted by molar-refractivity contribution is 7.92. The normalized spacial score (nSPS) is 18.1. The van der Waals surface area contributed by atoms with Crippen molar-refractivity contribution in [3.05, 3.63) is 22.7 Å². The van der Waals surface area contributed by atoms with Crippen molar-refractivity contribution in [2.24, 2.45) is 5.92 Å². The Morgan fingerprint density at radius 3 is 2.68 bits per heavy atom. The standard InChI is InChI=1S/C17H25ClN2O4S/c1-12-6-5-7-19(10-12)17(21)11-20(25(4,22)23)15-8-13(2)14(18)9-16(15)24-3/h8-9,12H,5-7,10-11H2,1-4H3.